The fourth-order valence-electron chi connectivity index (χ4n) is 0.582. The summed E-state index contributed by atoms with van der Waals surface area (Å²) in [4.78, 5) is 3.87. The minimum atomic E-state index is 0.203. The lowest BCUT2D eigenvalue weighted by atomic mass is 10.3. The second kappa shape index (κ2) is 2.92. The molecule has 0 spiro atoms. The molecule has 0 aromatic heterocycles. The number of hydrogen-bond donors (Lipinski definition) is 0. The van der Waals surface area contributed by atoms with Crippen LogP contribution >= 0.6 is 11.6 Å². The predicted octanol–water partition coefficient (Wildman–Crippen LogP) is 1.04. The molecule has 0 aromatic rings. The molecule has 1 aliphatic heterocycles. The Morgan fingerprint density at radius 1 is 1.88 bits per heavy atom. The summed E-state index contributed by atoms with van der Waals surface area (Å²) >= 11 is 5.49. The highest BCUT2D eigenvalue weighted by atomic mass is 35.5. The molecule has 1 heterocycles. The molecular formula is C5H8ClNO. The van der Waals surface area contributed by atoms with Crippen molar-refractivity contribution in [3.63, 3.8) is 0 Å². The minimum absolute atomic E-state index is 0.203. The highest BCUT2D eigenvalue weighted by Crippen LogP contribution is 2.03. The zero-order valence-electron chi connectivity index (χ0n) is 4.51. The maximum absolute atomic E-state index is 5.49. The molecule has 0 saturated carbocycles. The van der Waals surface area contributed by atoms with Gasteiger partial charge in [0.25, 0.3) is 0 Å². The third-order valence-corrected chi connectivity index (χ3v) is 1.42. The maximum Gasteiger partial charge on any atom is 0.169 e. The van der Waals surface area contributed by atoms with Gasteiger partial charge >= 0.3 is 0 Å². The SMILES string of the molecule is ClCC1CCN=CO1. The molecule has 0 aromatic carbocycles. The van der Waals surface area contributed by atoms with Crippen molar-refractivity contribution in [2.75, 3.05) is 12.4 Å². The van der Waals surface area contributed by atoms with Crippen LogP contribution in [0.5, 0.6) is 0 Å². The fraction of sp³-hybridized carbons (Fsp3) is 0.800. The average molecular weight is 134 g/mol. The molecule has 0 aliphatic carbocycles. The van der Waals surface area contributed by atoms with Gasteiger partial charge in [0.1, 0.15) is 6.10 Å². The van der Waals surface area contributed by atoms with E-state index in [1.165, 1.54) is 6.40 Å². The Bertz CT molecular complexity index is 94.4. The highest BCUT2D eigenvalue weighted by Gasteiger charge is 2.08. The number of aliphatic imine (C=N–C) groups is 1. The van der Waals surface area contributed by atoms with E-state index in [4.69, 9.17) is 16.3 Å². The molecule has 1 rings (SSSR count). The normalized spacial score (nSPS) is 27.4. The molecule has 1 atom stereocenters. The monoisotopic (exact) mass is 133 g/mol. The van der Waals surface area contributed by atoms with Crippen molar-refractivity contribution in [3.05, 3.63) is 0 Å². The third kappa shape index (κ3) is 1.37. The second-order valence-corrected chi connectivity index (χ2v) is 2.02. The first-order chi connectivity index (χ1) is 3.93. The van der Waals surface area contributed by atoms with Crippen LogP contribution in [-0.4, -0.2) is 24.9 Å². The van der Waals surface area contributed by atoms with Gasteiger partial charge in [-0.1, -0.05) is 0 Å². The molecular weight excluding hydrogens is 126 g/mol. The van der Waals surface area contributed by atoms with E-state index in [-0.39, 0.29) is 6.10 Å². The minimum Gasteiger partial charge on any atom is -0.479 e. The van der Waals surface area contributed by atoms with Crippen LogP contribution in [0.3, 0.4) is 0 Å². The molecule has 0 radical (unpaired) electrons. The van der Waals surface area contributed by atoms with Crippen LogP contribution in [0.15, 0.2) is 4.99 Å². The Labute approximate surface area is 53.5 Å². The molecule has 3 heteroatoms. The topological polar surface area (TPSA) is 21.6 Å². The summed E-state index contributed by atoms with van der Waals surface area (Å²) in [6, 6.07) is 0. The van der Waals surface area contributed by atoms with Crippen LogP contribution in [0.1, 0.15) is 6.42 Å². The van der Waals surface area contributed by atoms with Crippen molar-refractivity contribution in [2.45, 2.75) is 12.5 Å². The molecule has 0 N–H and O–H groups in total. The van der Waals surface area contributed by atoms with Gasteiger partial charge in [0.2, 0.25) is 0 Å². The van der Waals surface area contributed by atoms with Gasteiger partial charge in [-0.2, -0.15) is 0 Å². The molecule has 8 heavy (non-hydrogen) atoms. The van der Waals surface area contributed by atoms with Gasteiger partial charge in [0.05, 0.1) is 5.88 Å². The standard InChI is InChI=1S/C5H8ClNO/c6-3-5-1-2-7-4-8-5/h4-5H,1-3H2. The zero-order valence-corrected chi connectivity index (χ0v) is 5.27. The zero-order chi connectivity index (χ0) is 5.82. The number of nitrogens with zero attached hydrogens (tertiary/aromatic N) is 1. The van der Waals surface area contributed by atoms with E-state index >= 15 is 0 Å². The smallest absolute Gasteiger partial charge is 0.169 e. The van der Waals surface area contributed by atoms with Crippen LogP contribution in [0, 0.1) is 0 Å². The lowest BCUT2D eigenvalue weighted by molar-refractivity contribution is 0.201. The van der Waals surface area contributed by atoms with Gasteiger partial charge in [0.15, 0.2) is 6.40 Å². The molecule has 1 unspecified atom stereocenters. The van der Waals surface area contributed by atoms with Gasteiger partial charge in [-0.15, -0.1) is 11.6 Å². The summed E-state index contributed by atoms with van der Waals surface area (Å²) in [6.07, 6.45) is 2.64. The summed E-state index contributed by atoms with van der Waals surface area (Å²) in [5.41, 5.74) is 0. The van der Waals surface area contributed by atoms with E-state index in [0.717, 1.165) is 13.0 Å². The lowest BCUT2D eigenvalue weighted by Gasteiger charge is -2.14. The van der Waals surface area contributed by atoms with Crippen LogP contribution in [0.2, 0.25) is 0 Å². The third-order valence-electron chi connectivity index (χ3n) is 1.08. The maximum atomic E-state index is 5.49. The number of hydrogen-bond acceptors (Lipinski definition) is 2. The molecule has 0 fully saturated rings. The van der Waals surface area contributed by atoms with E-state index in [2.05, 4.69) is 4.99 Å². The van der Waals surface area contributed by atoms with Crippen LogP contribution in [-0.2, 0) is 4.74 Å². The first-order valence-corrected chi connectivity index (χ1v) is 3.16. The molecule has 1 aliphatic rings. The summed E-state index contributed by atoms with van der Waals surface area (Å²) in [7, 11) is 0. The Morgan fingerprint density at radius 2 is 2.75 bits per heavy atom. The fourth-order valence-corrected chi connectivity index (χ4v) is 0.809. The summed E-state index contributed by atoms with van der Waals surface area (Å²) in [6.45, 7) is 0.859. The average Bonchev–Trinajstić information content (AvgIpc) is 1.90. The highest BCUT2D eigenvalue weighted by molar-refractivity contribution is 6.18. The Kier molecular flexibility index (Phi) is 2.15. The van der Waals surface area contributed by atoms with Crippen molar-refractivity contribution in [1.82, 2.24) is 0 Å². The molecule has 46 valence electrons. The first kappa shape index (κ1) is 5.89. The van der Waals surface area contributed by atoms with Gasteiger partial charge in [-0.05, 0) is 0 Å². The van der Waals surface area contributed by atoms with Crippen LogP contribution in [0.4, 0.5) is 0 Å². The number of ether oxygens (including phenoxy) is 1. The van der Waals surface area contributed by atoms with Gasteiger partial charge in [-0.3, -0.25) is 4.99 Å². The molecule has 0 bridgehead atoms. The molecule has 2 nitrogen and oxygen atoms in total. The van der Waals surface area contributed by atoms with Gasteiger partial charge in [0, 0.05) is 13.0 Å². The summed E-state index contributed by atoms with van der Waals surface area (Å²) in [5.74, 6) is 0.575. The molecule has 0 saturated heterocycles. The van der Waals surface area contributed by atoms with Crippen LogP contribution < -0.4 is 0 Å². The largest absolute Gasteiger partial charge is 0.479 e. The summed E-state index contributed by atoms with van der Waals surface area (Å²) < 4.78 is 5.00. The Hall–Kier alpha value is -0.240. The second-order valence-electron chi connectivity index (χ2n) is 1.71. The van der Waals surface area contributed by atoms with Crippen molar-refractivity contribution in [2.24, 2.45) is 4.99 Å². The van der Waals surface area contributed by atoms with E-state index < -0.39 is 0 Å². The van der Waals surface area contributed by atoms with Gasteiger partial charge < -0.3 is 4.74 Å². The van der Waals surface area contributed by atoms with Crippen molar-refractivity contribution >= 4 is 18.0 Å². The van der Waals surface area contributed by atoms with Crippen molar-refractivity contribution in [1.29, 1.82) is 0 Å². The van der Waals surface area contributed by atoms with Gasteiger partial charge in [-0.25, -0.2) is 0 Å². The number of halogens is 1. The quantitative estimate of drug-likeness (QED) is 0.490. The van der Waals surface area contributed by atoms with Crippen molar-refractivity contribution < 1.29 is 4.74 Å². The van der Waals surface area contributed by atoms with E-state index in [1.54, 1.807) is 0 Å². The summed E-state index contributed by atoms with van der Waals surface area (Å²) in [5, 5.41) is 0. The Balaban J connectivity index is 2.27. The number of rotatable bonds is 1. The Morgan fingerprint density at radius 3 is 3.12 bits per heavy atom. The number of alkyl halides is 1. The van der Waals surface area contributed by atoms with Crippen LogP contribution in [0.25, 0.3) is 0 Å². The lowest BCUT2D eigenvalue weighted by Crippen LogP contribution is -2.18. The molecule has 0 amide bonds. The van der Waals surface area contributed by atoms with E-state index in [0.29, 0.717) is 5.88 Å². The first-order valence-electron chi connectivity index (χ1n) is 2.63. The van der Waals surface area contributed by atoms with E-state index in [1.807, 2.05) is 0 Å². The van der Waals surface area contributed by atoms with E-state index in [9.17, 15) is 0 Å². The van der Waals surface area contributed by atoms with Crippen molar-refractivity contribution in [3.8, 4) is 0 Å². The predicted molar refractivity (Wildman–Crippen MR) is 33.6 cm³/mol.